The molecule has 222 valence electrons. The van der Waals surface area contributed by atoms with E-state index >= 15 is 0 Å². The van der Waals surface area contributed by atoms with Crippen molar-refractivity contribution in [3.8, 4) is 0 Å². The Morgan fingerprint density at radius 2 is 0.795 bits per heavy atom. The van der Waals surface area contributed by atoms with Gasteiger partial charge in [-0.05, 0) is 62.1 Å². The minimum absolute atomic E-state index is 0.147. The van der Waals surface area contributed by atoms with Gasteiger partial charge in [0.05, 0.1) is 0 Å². The summed E-state index contributed by atoms with van der Waals surface area (Å²) in [6.45, 7) is 9.96. The summed E-state index contributed by atoms with van der Waals surface area (Å²) in [5, 5.41) is 0. The maximum absolute atomic E-state index is 14.1. The fourth-order valence-corrected chi connectivity index (χ4v) is 5.08. The third kappa shape index (κ3) is 8.07. The molecule has 0 fully saturated rings. The minimum Gasteiger partial charge on any atom is -0.330 e. The molecule has 0 aliphatic rings. The molecule has 4 aromatic carbocycles. The van der Waals surface area contributed by atoms with E-state index in [2.05, 4.69) is 91.6 Å². The second kappa shape index (κ2) is 14.0. The minimum atomic E-state index is -0.218. The van der Waals surface area contributed by atoms with E-state index in [0.29, 0.717) is 31.7 Å². The second-order valence-electron chi connectivity index (χ2n) is 11.7. The van der Waals surface area contributed by atoms with Crippen LogP contribution in [0.15, 0.2) is 115 Å². The predicted octanol–water partition coefficient (Wildman–Crippen LogP) is 8.00. The number of benzene rings is 4. The molecule has 5 heteroatoms. The third-order valence-corrected chi connectivity index (χ3v) is 7.78. The van der Waals surface area contributed by atoms with Gasteiger partial charge in [0.2, 0.25) is 0 Å². The van der Waals surface area contributed by atoms with Crippen LogP contribution in [0.3, 0.4) is 0 Å². The molecule has 0 radical (unpaired) electrons. The van der Waals surface area contributed by atoms with Crippen molar-refractivity contribution < 1.29 is 9.59 Å². The first-order valence-electron chi connectivity index (χ1n) is 15.0. The Kier molecular flexibility index (Phi) is 9.65. The molecular weight excluding hydrogens is 542 g/mol. The Balaban J connectivity index is 1.43. The van der Waals surface area contributed by atoms with Crippen LogP contribution in [0.25, 0.3) is 0 Å². The Morgan fingerprint density at radius 3 is 1.14 bits per heavy atom. The van der Waals surface area contributed by atoms with Crippen molar-refractivity contribution in [3.63, 3.8) is 0 Å². The van der Waals surface area contributed by atoms with Crippen molar-refractivity contribution in [1.82, 2.24) is 14.8 Å². The SMILES string of the molecule is Cc1ccc(CN(Cc2ccc(C)cc2)C(=O)c2ccnc(C(=O)N(Cc3ccc(C)cc3)Cc3ccc(C)cc3)c2)cc1. The molecule has 1 heterocycles. The Hall–Kier alpha value is -5.03. The maximum Gasteiger partial charge on any atom is 0.273 e. The molecule has 5 rings (SSSR count). The lowest BCUT2D eigenvalue weighted by Crippen LogP contribution is -2.32. The third-order valence-electron chi connectivity index (χ3n) is 7.78. The van der Waals surface area contributed by atoms with E-state index in [-0.39, 0.29) is 17.5 Å². The molecule has 0 saturated carbocycles. The summed E-state index contributed by atoms with van der Waals surface area (Å²) in [7, 11) is 0. The molecule has 0 aliphatic carbocycles. The standard InChI is InChI=1S/C39H39N3O2/c1-28-5-13-32(14-6-28)24-41(25-33-15-7-29(2)8-16-33)38(43)36-21-22-40-37(23-36)39(44)42(26-34-17-9-30(3)10-18-34)27-35-19-11-31(4)12-20-35/h5-23H,24-27H2,1-4H3. The molecule has 0 atom stereocenters. The van der Waals surface area contributed by atoms with Gasteiger partial charge in [0.1, 0.15) is 5.69 Å². The Morgan fingerprint density at radius 1 is 0.477 bits per heavy atom. The van der Waals surface area contributed by atoms with Crippen LogP contribution < -0.4 is 0 Å². The number of carbonyl (C=O) groups excluding carboxylic acids is 2. The van der Waals surface area contributed by atoms with Gasteiger partial charge in [-0.3, -0.25) is 14.6 Å². The van der Waals surface area contributed by atoms with Crippen LogP contribution in [-0.4, -0.2) is 26.6 Å². The molecule has 44 heavy (non-hydrogen) atoms. The quantitative estimate of drug-likeness (QED) is 0.168. The molecule has 0 bridgehead atoms. The van der Waals surface area contributed by atoms with Crippen molar-refractivity contribution in [2.24, 2.45) is 0 Å². The van der Waals surface area contributed by atoms with Crippen LogP contribution >= 0.6 is 0 Å². The highest BCUT2D eigenvalue weighted by atomic mass is 16.2. The molecule has 0 saturated heterocycles. The smallest absolute Gasteiger partial charge is 0.273 e. The summed E-state index contributed by atoms with van der Waals surface area (Å²) in [4.78, 5) is 36.1. The first-order chi connectivity index (χ1) is 21.2. The van der Waals surface area contributed by atoms with E-state index in [1.54, 1.807) is 23.2 Å². The van der Waals surface area contributed by atoms with E-state index in [1.165, 1.54) is 22.3 Å². The number of hydrogen-bond donors (Lipinski definition) is 0. The molecule has 2 amide bonds. The topological polar surface area (TPSA) is 53.5 Å². The van der Waals surface area contributed by atoms with Gasteiger partial charge in [-0.1, -0.05) is 119 Å². The first-order valence-corrected chi connectivity index (χ1v) is 15.0. The van der Waals surface area contributed by atoms with E-state index in [1.807, 2.05) is 43.0 Å². The summed E-state index contributed by atoms with van der Waals surface area (Å²) in [5.41, 5.74) is 9.52. The summed E-state index contributed by atoms with van der Waals surface area (Å²) < 4.78 is 0. The monoisotopic (exact) mass is 581 g/mol. The van der Waals surface area contributed by atoms with Crippen LogP contribution in [0.5, 0.6) is 0 Å². The van der Waals surface area contributed by atoms with Crippen LogP contribution in [0.1, 0.15) is 65.4 Å². The predicted molar refractivity (Wildman–Crippen MR) is 176 cm³/mol. The number of carbonyl (C=O) groups is 2. The van der Waals surface area contributed by atoms with Crippen molar-refractivity contribution in [2.75, 3.05) is 0 Å². The van der Waals surface area contributed by atoms with Crippen molar-refractivity contribution in [3.05, 3.63) is 171 Å². The highest BCUT2D eigenvalue weighted by Gasteiger charge is 2.22. The zero-order valence-corrected chi connectivity index (χ0v) is 26.0. The highest BCUT2D eigenvalue weighted by Crippen LogP contribution is 2.19. The van der Waals surface area contributed by atoms with Crippen LogP contribution in [0, 0.1) is 27.7 Å². The van der Waals surface area contributed by atoms with Crippen molar-refractivity contribution >= 4 is 11.8 Å². The fraction of sp³-hybridized carbons (Fsp3) is 0.205. The average molecular weight is 582 g/mol. The van der Waals surface area contributed by atoms with Crippen LogP contribution in [-0.2, 0) is 26.2 Å². The lowest BCUT2D eigenvalue weighted by Gasteiger charge is -2.25. The van der Waals surface area contributed by atoms with E-state index in [4.69, 9.17) is 0 Å². The number of hydrogen-bond acceptors (Lipinski definition) is 3. The van der Waals surface area contributed by atoms with E-state index in [9.17, 15) is 9.59 Å². The first kappa shape index (κ1) is 30.4. The number of rotatable bonds is 10. The average Bonchev–Trinajstić information content (AvgIpc) is 3.04. The largest absolute Gasteiger partial charge is 0.330 e. The molecular formula is C39H39N3O2. The number of aromatic nitrogens is 1. The number of pyridine rings is 1. The van der Waals surface area contributed by atoms with Gasteiger partial charge in [0.25, 0.3) is 11.8 Å². The van der Waals surface area contributed by atoms with Gasteiger partial charge in [0, 0.05) is 37.9 Å². The number of nitrogens with zero attached hydrogens (tertiary/aromatic N) is 3. The van der Waals surface area contributed by atoms with Crippen molar-refractivity contribution in [1.29, 1.82) is 0 Å². The second-order valence-corrected chi connectivity index (χ2v) is 11.7. The van der Waals surface area contributed by atoms with Gasteiger partial charge in [-0.25, -0.2) is 0 Å². The van der Waals surface area contributed by atoms with Crippen LogP contribution in [0.2, 0.25) is 0 Å². The highest BCUT2D eigenvalue weighted by molar-refractivity contribution is 5.98. The van der Waals surface area contributed by atoms with Gasteiger partial charge in [-0.2, -0.15) is 0 Å². The normalized spacial score (nSPS) is 10.8. The summed E-state index contributed by atoms with van der Waals surface area (Å²) >= 11 is 0. The lowest BCUT2D eigenvalue weighted by atomic mass is 10.1. The van der Waals surface area contributed by atoms with Crippen molar-refractivity contribution in [2.45, 2.75) is 53.9 Å². The van der Waals surface area contributed by atoms with Crippen LogP contribution in [0.4, 0.5) is 0 Å². The van der Waals surface area contributed by atoms with Gasteiger partial charge in [0.15, 0.2) is 0 Å². The molecule has 0 N–H and O–H groups in total. The lowest BCUT2D eigenvalue weighted by molar-refractivity contribution is 0.0722. The van der Waals surface area contributed by atoms with E-state index < -0.39 is 0 Å². The molecule has 0 spiro atoms. The van der Waals surface area contributed by atoms with Gasteiger partial charge >= 0.3 is 0 Å². The summed E-state index contributed by atoms with van der Waals surface area (Å²) in [6.07, 6.45) is 1.56. The molecule has 0 unspecified atom stereocenters. The zero-order chi connectivity index (χ0) is 31.1. The van der Waals surface area contributed by atoms with E-state index in [0.717, 1.165) is 22.3 Å². The summed E-state index contributed by atoms with van der Waals surface area (Å²) in [6, 6.07) is 36.2. The maximum atomic E-state index is 14.1. The summed E-state index contributed by atoms with van der Waals surface area (Å²) in [5.74, 6) is -0.365. The fourth-order valence-electron chi connectivity index (χ4n) is 5.08. The number of amides is 2. The number of aryl methyl sites for hydroxylation is 4. The molecule has 1 aromatic heterocycles. The zero-order valence-electron chi connectivity index (χ0n) is 26.0. The molecule has 5 nitrogen and oxygen atoms in total. The van der Waals surface area contributed by atoms with Gasteiger partial charge < -0.3 is 9.80 Å². The van der Waals surface area contributed by atoms with Gasteiger partial charge in [-0.15, -0.1) is 0 Å². The Bertz CT molecular complexity index is 1490. The molecule has 5 aromatic rings. The Labute approximate surface area is 260 Å². The molecule has 0 aliphatic heterocycles.